The first-order chi connectivity index (χ1) is 8.29. The molecule has 1 nitrogen and oxygen atoms in total. The van der Waals surface area contributed by atoms with Crippen LogP contribution in [-0.4, -0.2) is 6.54 Å². The highest BCUT2D eigenvalue weighted by Crippen LogP contribution is 2.28. The van der Waals surface area contributed by atoms with Crippen LogP contribution in [-0.2, 0) is 6.42 Å². The van der Waals surface area contributed by atoms with Gasteiger partial charge in [0.2, 0.25) is 0 Å². The highest BCUT2D eigenvalue weighted by Gasteiger charge is 2.13. The van der Waals surface area contributed by atoms with Crippen molar-refractivity contribution >= 4 is 34.3 Å². The molecular weight excluding hydrogens is 270 g/mol. The van der Waals surface area contributed by atoms with Crippen LogP contribution in [0.15, 0.2) is 29.6 Å². The van der Waals surface area contributed by atoms with Gasteiger partial charge in [-0.05, 0) is 36.5 Å². The number of hydrogen-bond donors (Lipinski definition) is 1. The van der Waals surface area contributed by atoms with Crippen LogP contribution in [0.5, 0.6) is 0 Å². The molecule has 0 aromatic carbocycles. The maximum atomic E-state index is 5.97. The molecule has 1 unspecified atom stereocenters. The Bertz CT molecular complexity index is 436. The Kier molecular flexibility index (Phi) is 5.04. The van der Waals surface area contributed by atoms with E-state index in [0.29, 0.717) is 6.04 Å². The van der Waals surface area contributed by atoms with Crippen molar-refractivity contribution in [2.75, 3.05) is 6.54 Å². The molecule has 2 heterocycles. The maximum Gasteiger partial charge on any atom is 0.0931 e. The van der Waals surface area contributed by atoms with Crippen LogP contribution in [0.3, 0.4) is 0 Å². The molecule has 0 bridgehead atoms. The third-order valence-electron chi connectivity index (χ3n) is 2.56. The summed E-state index contributed by atoms with van der Waals surface area (Å²) in [4.78, 5) is 2.75. The van der Waals surface area contributed by atoms with Crippen molar-refractivity contribution in [3.63, 3.8) is 0 Å². The third kappa shape index (κ3) is 3.81. The Balaban J connectivity index is 2.05. The van der Waals surface area contributed by atoms with Crippen molar-refractivity contribution in [2.24, 2.45) is 0 Å². The zero-order valence-electron chi connectivity index (χ0n) is 9.78. The average molecular weight is 286 g/mol. The smallest absolute Gasteiger partial charge is 0.0931 e. The first kappa shape index (κ1) is 13.1. The second-order valence-electron chi connectivity index (χ2n) is 3.93. The van der Waals surface area contributed by atoms with Crippen molar-refractivity contribution in [1.29, 1.82) is 0 Å². The molecular formula is C13H16ClNS2. The van der Waals surface area contributed by atoms with E-state index in [9.17, 15) is 0 Å². The van der Waals surface area contributed by atoms with E-state index in [2.05, 4.69) is 35.8 Å². The Hall–Kier alpha value is -0.350. The predicted molar refractivity (Wildman–Crippen MR) is 78.4 cm³/mol. The van der Waals surface area contributed by atoms with Gasteiger partial charge < -0.3 is 5.32 Å². The van der Waals surface area contributed by atoms with Crippen LogP contribution in [0, 0.1) is 0 Å². The van der Waals surface area contributed by atoms with E-state index in [-0.39, 0.29) is 0 Å². The molecule has 1 atom stereocenters. The van der Waals surface area contributed by atoms with Gasteiger partial charge in [0.25, 0.3) is 0 Å². The lowest BCUT2D eigenvalue weighted by atomic mass is 10.1. The van der Waals surface area contributed by atoms with E-state index in [0.717, 1.165) is 23.7 Å². The van der Waals surface area contributed by atoms with E-state index in [1.165, 1.54) is 9.75 Å². The van der Waals surface area contributed by atoms with Gasteiger partial charge in [0.15, 0.2) is 0 Å². The molecule has 17 heavy (non-hydrogen) atoms. The minimum atomic E-state index is 0.421. The molecule has 2 aromatic rings. The lowest BCUT2D eigenvalue weighted by Gasteiger charge is -2.16. The van der Waals surface area contributed by atoms with Crippen LogP contribution < -0.4 is 5.32 Å². The molecule has 0 amide bonds. The van der Waals surface area contributed by atoms with Crippen molar-refractivity contribution in [1.82, 2.24) is 5.32 Å². The minimum absolute atomic E-state index is 0.421. The third-order valence-corrected chi connectivity index (χ3v) is 4.80. The van der Waals surface area contributed by atoms with Gasteiger partial charge in [0.05, 0.1) is 4.34 Å². The van der Waals surface area contributed by atoms with Gasteiger partial charge in [-0.3, -0.25) is 0 Å². The van der Waals surface area contributed by atoms with Crippen LogP contribution in [0.1, 0.15) is 29.1 Å². The Morgan fingerprint density at radius 3 is 2.82 bits per heavy atom. The van der Waals surface area contributed by atoms with Gasteiger partial charge in [-0.1, -0.05) is 24.6 Å². The molecule has 0 aliphatic rings. The number of hydrogen-bond acceptors (Lipinski definition) is 3. The summed E-state index contributed by atoms with van der Waals surface area (Å²) >= 11 is 9.47. The second-order valence-corrected chi connectivity index (χ2v) is 6.71. The maximum absolute atomic E-state index is 5.97. The highest BCUT2D eigenvalue weighted by molar-refractivity contribution is 7.16. The summed E-state index contributed by atoms with van der Waals surface area (Å²) < 4.78 is 0.875. The number of thiophene rings is 2. The largest absolute Gasteiger partial charge is 0.309 e. The normalized spacial score (nSPS) is 12.8. The summed E-state index contributed by atoms with van der Waals surface area (Å²) in [7, 11) is 0. The first-order valence-electron chi connectivity index (χ1n) is 5.80. The van der Waals surface area contributed by atoms with Crippen LogP contribution >= 0.6 is 34.3 Å². The summed E-state index contributed by atoms with van der Waals surface area (Å²) in [6.45, 7) is 3.25. The fraction of sp³-hybridized carbons (Fsp3) is 0.385. The fourth-order valence-electron chi connectivity index (χ4n) is 1.74. The van der Waals surface area contributed by atoms with Gasteiger partial charge in [0.1, 0.15) is 0 Å². The SMILES string of the molecule is CCCNC(Cc1ccc(Cl)s1)c1cccs1. The summed E-state index contributed by atoms with van der Waals surface area (Å²) in [5, 5.41) is 5.74. The van der Waals surface area contributed by atoms with E-state index in [1.807, 2.05) is 17.4 Å². The fourth-order valence-corrected chi connectivity index (χ4v) is 3.68. The molecule has 92 valence electrons. The van der Waals surface area contributed by atoms with Gasteiger partial charge in [-0.25, -0.2) is 0 Å². The van der Waals surface area contributed by atoms with E-state index < -0.39 is 0 Å². The molecule has 1 N–H and O–H groups in total. The molecule has 0 radical (unpaired) electrons. The van der Waals surface area contributed by atoms with Crippen molar-refractivity contribution < 1.29 is 0 Å². The monoisotopic (exact) mass is 285 g/mol. The van der Waals surface area contributed by atoms with E-state index >= 15 is 0 Å². The zero-order valence-corrected chi connectivity index (χ0v) is 12.2. The van der Waals surface area contributed by atoms with Gasteiger partial charge in [-0.15, -0.1) is 22.7 Å². The molecule has 0 saturated carbocycles. The highest BCUT2D eigenvalue weighted by atomic mass is 35.5. The minimum Gasteiger partial charge on any atom is -0.309 e. The van der Waals surface area contributed by atoms with Gasteiger partial charge in [-0.2, -0.15) is 0 Å². The molecule has 0 spiro atoms. The number of halogens is 1. The molecule has 0 saturated heterocycles. The molecule has 0 aliphatic carbocycles. The average Bonchev–Trinajstić information content (AvgIpc) is 2.95. The summed E-state index contributed by atoms with van der Waals surface area (Å²) in [5.41, 5.74) is 0. The van der Waals surface area contributed by atoms with Crippen LogP contribution in [0.25, 0.3) is 0 Å². The summed E-state index contributed by atoms with van der Waals surface area (Å²) in [6, 6.07) is 8.84. The van der Waals surface area contributed by atoms with Gasteiger partial charge >= 0.3 is 0 Å². The lowest BCUT2D eigenvalue weighted by Crippen LogP contribution is -2.22. The van der Waals surface area contributed by atoms with E-state index in [1.54, 1.807) is 11.3 Å². The molecule has 0 fully saturated rings. The number of nitrogens with one attached hydrogen (secondary N) is 1. The van der Waals surface area contributed by atoms with Gasteiger partial charge in [0, 0.05) is 22.2 Å². The Morgan fingerprint density at radius 1 is 1.35 bits per heavy atom. The first-order valence-corrected chi connectivity index (χ1v) is 7.88. The van der Waals surface area contributed by atoms with Crippen molar-refractivity contribution in [2.45, 2.75) is 25.8 Å². The zero-order chi connectivity index (χ0) is 12.1. The standard InChI is InChI=1S/C13H16ClNS2/c1-2-7-15-11(12-4-3-8-16-12)9-10-5-6-13(14)17-10/h3-6,8,11,15H,2,7,9H2,1H3. The molecule has 2 aromatic heterocycles. The second kappa shape index (κ2) is 6.55. The van der Waals surface area contributed by atoms with Crippen LogP contribution in [0.4, 0.5) is 0 Å². The molecule has 4 heteroatoms. The summed E-state index contributed by atoms with van der Waals surface area (Å²) in [5.74, 6) is 0. The topological polar surface area (TPSA) is 12.0 Å². The molecule has 2 rings (SSSR count). The molecule has 0 aliphatic heterocycles. The quantitative estimate of drug-likeness (QED) is 0.808. The number of rotatable bonds is 6. The Labute approximate surface area is 115 Å². The predicted octanol–water partition coefficient (Wildman–Crippen LogP) is 4.75. The lowest BCUT2D eigenvalue weighted by molar-refractivity contribution is 0.539. The van der Waals surface area contributed by atoms with Crippen molar-refractivity contribution in [3.05, 3.63) is 43.7 Å². The Morgan fingerprint density at radius 2 is 2.24 bits per heavy atom. The van der Waals surface area contributed by atoms with E-state index in [4.69, 9.17) is 11.6 Å². The van der Waals surface area contributed by atoms with Crippen LogP contribution in [0.2, 0.25) is 4.34 Å². The summed E-state index contributed by atoms with van der Waals surface area (Å²) in [6.07, 6.45) is 2.19. The van der Waals surface area contributed by atoms with Crippen molar-refractivity contribution in [3.8, 4) is 0 Å².